The van der Waals surface area contributed by atoms with E-state index in [9.17, 15) is 9.59 Å². The van der Waals surface area contributed by atoms with Gasteiger partial charge in [0.2, 0.25) is 0 Å². The molecule has 0 bridgehead atoms. The summed E-state index contributed by atoms with van der Waals surface area (Å²) in [5, 5.41) is 9.93. The second-order valence-corrected chi connectivity index (χ2v) is 6.07. The molecule has 7 nitrogen and oxygen atoms in total. The number of carbonyl (C=O) groups is 2. The molecular formula is C17H13ClN4O3. The van der Waals surface area contributed by atoms with Crippen molar-refractivity contribution in [1.29, 1.82) is 0 Å². The molecule has 2 heterocycles. The molecule has 0 aliphatic carbocycles. The zero-order chi connectivity index (χ0) is 17.6. The zero-order valence-corrected chi connectivity index (χ0v) is 13.9. The molecule has 2 aromatic carbocycles. The molecular weight excluding hydrogens is 344 g/mol. The van der Waals surface area contributed by atoms with Gasteiger partial charge in [-0.15, -0.1) is 0 Å². The van der Waals surface area contributed by atoms with Crippen LogP contribution in [0.5, 0.6) is 5.75 Å². The van der Waals surface area contributed by atoms with Crippen LogP contribution in [-0.4, -0.2) is 31.0 Å². The lowest BCUT2D eigenvalue weighted by molar-refractivity contribution is -0.121. The topological polar surface area (TPSA) is 74.6 Å². The second-order valence-electron chi connectivity index (χ2n) is 5.63. The number of carbonyl (C=O) groups excluding carboxylic acids is 2. The maximum Gasteiger partial charge on any atom is 0.263 e. The molecule has 2 aliphatic heterocycles. The number of imide groups is 1. The average Bonchev–Trinajstić information content (AvgIpc) is 3.16. The minimum absolute atomic E-state index is 0.384. The van der Waals surface area contributed by atoms with Gasteiger partial charge < -0.3 is 4.74 Å². The number of fused-ring (bicyclic) bond motifs is 1. The number of ether oxygens (including phenoxy) is 1. The number of rotatable bonds is 3. The second kappa shape index (κ2) is 5.86. The number of benzene rings is 2. The number of amides is 2. The Hall–Kier alpha value is -2.93. The molecule has 0 spiro atoms. The Morgan fingerprint density at radius 3 is 2.56 bits per heavy atom. The summed E-state index contributed by atoms with van der Waals surface area (Å²) < 4.78 is 5.20. The van der Waals surface area contributed by atoms with Crippen molar-refractivity contribution in [3.05, 3.63) is 53.6 Å². The quantitative estimate of drug-likeness (QED) is 0.792. The average molecular weight is 357 g/mol. The van der Waals surface area contributed by atoms with E-state index in [0.717, 1.165) is 4.90 Å². The summed E-state index contributed by atoms with van der Waals surface area (Å²) in [5.74, 6) is -0.170. The third-order valence-electron chi connectivity index (χ3n) is 4.17. The Morgan fingerprint density at radius 1 is 1.04 bits per heavy atom. The van der Waals surface area contributed by atoms with Crippen LogP contribution in [0, 0.1) is 0 Å². The number of hydrogen-bond acceptors (Lipinski definition) is 6. The molecule has 0 N–H and O–H groups in total. The molecule has 1 saturated heterocycles. The van der Waals surface area contributed by atoms with Crippen molar-refractivity contribution in [2.45, 2.75) is 12.1 Å². The van der Waals surface area contributed by atoms with E-state index in [0.29, 0.717) is 22.1 Å². The van der Waals surface area contributed by atoms with Gasteiger partial charge in [0, 0.05) is 11.1 Å². The summed E-state index contributed by atoms with van der Waals surface area (Å²) in [6.45, 7) is 0. The molecule has 8 heteroatoms. The van der Waals surface area contributed by atoms with Gasteiger partial charge in [-0.2, -0.15) is 5.11 Å². The fourth-order valence-corrected chi connectivity index (χ4v) is 3.18. The van der Waals surface area contributed by atoms with Crippen LogP contribution in [0.25, 0.3) is 0 Å². The normalized spacial score (nSPS) is 21.8. The summed E-state index contributed by atoms with van der Waals surface area (Å²) in [6, 6.07) is 12.0. The van der Waals surface area contributed by atoms with Crippen LogP contribution in [0.1, 0.15) is 0 Å². The van der Waals surface area contributed by atoms with Gasteiger partial charge in [0.15, 0.2) is 12.1 Å². The number of hydrogen-bond donors (Lipinski definition) is 0. The highest BCUT2D eigenvalue weighted by Crippen LogP contribution is 2.36. The Morgan fingerprint density at radius 2 is 1.80 bits per heavy atom. The molecule has 4 rings (SSSR count). The van der Waals surface area contributed by atoms with E-state index in [1.54, 1.807) is 55.6 Å². The van der Waals surface area contributed by atoms with Gasteiger partial charge in [0.25, 0.3) is 11.8 Å². The molecule has 2 amide bonds. The van der Waals surface area contributed by atoms with E-state index in [2.05, 4.69) is 10.3 Å². The van der Waals surface area contributed by atoms with Crippen LogP contribution in [0.4, 0.5) is 11.4 Å². The van der Waals surface area contributed by atoms with E-state index >= 15 is 0 Å². The number of nitrogens with zero attached hydrogens (tertiary/aromatic N) is 4. The smallest absolute Gasteiger partial charge is 0.263 e. The number of halogens is 1. The summed E-state index contributed by atoms with van der Waals surface area (Å²) >= 11 is 5.98. The van der Waals surface area contributed by atoms with Crippen LogP contribution in [-0.2, 0) is 9.59 Å². The van der Waals surface area contributed by atoms with E-state index in [1.165, 1.54) is 5.01 Å². The number of methoxy groups -OCH3 is 1. The fourth-order valence-electron chi connectivity index (χ4n) is 3.00. The maximum absolute atomic E-state index is 12.9. The van der Waals surface area contributed by atoms with Crippen LogP contribution in [0.15, 0.2) is 58.9 Å². The third-order valence-corrected chi connectivity index (χ3v) is 4.40. The third kappa shape index (κ3) is 2.44. The Bertz CT molecular complexity index is 901. The highest BCUT2D eigenvalue weighted by atomic mass is 35.5. The standard InChI is InChI=1S/C17H13ClN4O3/c1-25-13-7-3-6-12(9-13)22-15-14(19-20-22)16(23)21(17(15)24)11-5-2-4-10(18)8-11/h2-9,14-15H,1H3/t14-,15-/m0/s1. The molecule has 25 heavy (non-hydrogen) atoms. The molecule has 0 radical (unpaired) electrons. The first-order valence-electron chi connectivity index (χ1n) is 7.57. The van der Waals surface area contributed by atoms with Crippen LogP contribution in [0.2, 0.25) is 5.02 Å². The first kappa shape index (κ1) is 15.6. The fraction of sp³-hybridized carbons (Fsp3) is 0.176. The van der Waals surface area contributed by atoms with E-state index in [1.807, 2.05) is 0 Å². The highest BCUT2D eigenvalue weighted by Gasteiger charge is 2.55. The summed E-state index contributed by atoms with van der Waals surface area (Å²) in [6.07, 6.45) is 0. The number of anilines is 2. The monoisotopic (exact) mass is 356 g/mol. The van der Waals surface area contributed by atoms with Crippen molar-refractivity contribution >= 4 is 34.8 Å². The molecule has 2 aliphatic rings. The van der Waals surface area contributed by atoms with Crippen LogP contribution >= 0.6 is 11.6 Å². The van der Waals surface area contributed by atoms with Crippen molar-refractivity contribution in [2.75, 3.05) is 17.0 Å². The minimum atomic E-state index is -0.863. The summed E-state index contributed by atoms with van der Waals surface area (Å²) in [5.41, 5.74) is 1.06. The molecule has 0 aromatic heterocycles. The van der Waals surface area contributed by atoms with Gasteiger partial charge in [-0.1, -0.05) is 29.0 Å². The van der Waals surface area contributed by atoms with Crippen LogP contribution in [0.3, 0.4) is 0 Å². The van der Waals surface area contributed by atoms with Gasteiger partial charge in [-0.3, -0.25) is 9.59 Å². The molecule has 0 saturated carbocycles. The van der Waals surface area contributed by atoms with Crippen LogP contribution < -0.4 is 14.6 Å². The van der Waals surface area contributed by atoms with E-state index in [-0.39, 0.29) is 5.91 Å². The molecule has 126 valence electrons. The van der Waals surface area contributed by atoms with Crippen molar-refractivity contribution in [1.82, 2.24) is 0 Å². The van der Waals surface area contributed by atoms with Gasteiger partial charge in [-0.25, -0.2) is 9.91 Å². The molecule has 1 fully saturated rings. The molecule has 2 aromatic rings. The first-order chi connectivity index (χ1) is 12.1. The van der Waals surface area contributed by atoms with E-state index in [4.69, 9.17) is 16.3 Å². The lowest BCUT2D eigenvalue weighted by Crippen LogP contribution is -2.39. The largest absolute Gasteiger partial charge is 0.497 e. The first-order valence-corrected chi connectivity index (χ1v) is 7.95. The Balaban J connectivity index is 1.70. The van der Waals surface area contributed by atoms with Gasteiger partial charge in [-0.05, 0) is 30.3 Å². The summed E-state index contributed by atoms with van der Waals surface area (Å²) in [4.78, 5) is 26.7. The predicted molar refractivity (Wildman–Crippen MR) is 91.9 cm³/mol. The van der Waals surface area contributed by atoms with Crippen molar-refractivity contribution in [3.63, 3.8) is 0 Å². The summed E-state index contributed by atoms with van der Waals surface area (Å²) in [7, 11) is 1.55. The zero-order valence-electron chi connectivity index (χ0n) is 13.2. The van der Waals surface area contributed by atoms with Crippen molar-refractivity contribution < 1.29 is 14.3 Å². The lowest BCUT2D eigenvalue weighted by atomic mass is 10.1. The Kier molecular flexibility index (Phi) is 3.65. The maximum atomic E-state index is 12.9. The van der Waals surface area contributed by atoms with Gasteiger partial charge in [0.1, 0.15) is 5.75 Å². The lowest BCUT2D eigenvalue weighted by Gasteiger charge is -2.21. The molecule has 2 atom stereocenters. The highest BCUT2D eigenvalue weighted by molar-refractivity contribution is 6.31. The van der Waals surface area contributed by atoms with Gasteiger partial charge in [0.05, 0.1) is 18.5 Å². The minimum Gasteiger partial charge on any atom is -0.497 e. The van der Waals surface area contributed by atoms with Crippen molar-refractivity contribution in [2.24, 2.45) is 10.3 Å². The van der Waals surface area contributed by atoms with E-state index < -0.39 is 18.0 Å². The van der Waals surface area contributed by atoms with Gasteiger partial charge >= 0.3 is 0 Å². The predicted octanol–water partition coefficient (Wildman–Crippen LogP) is 2.85. The van der Waals surface area contributed by atoms with Crippen molar-refractivity contribution in [3.8, 4) is 5.75 Å². The Labute approximate surface area is 148 Å². The molecule has 0 unspecified atom stereocenters. The SMILES string of the molecule is COc1cccc(N2N=N[C@@H]3C(=O)N(c4cccc(Cl)c4)C(=O)[C@H]32)c1.